The van der Waals surface area contributed by atoms with E-state index in [1.807, 2.05) is 24.3 Å². The Labute approximate surface area is 173 Å². The third kappa shape index (κ3) is 5.27. The summed E-state index contributed by atoms with van der Waals surface area (Å²) in [5, 5.41) is 16.8. The summed E-state index contributed by atoms with van der Waals surface area (Å²) in [4.78, 5) is 23.0. The van der Waals surface area contributed by atoms with Crippen LogP contribution in [0.4, 0.5) is 15.8 Å². The number of nitro benzene ring substituents is 1. The van der Waals surface area contributed by atoms with Crippen LogP contribution in [0.5, 0.6) is 0 Å². The number of carbonyl (C=O) groups is 1. The van der Waals surface area contributed by atoms with Crippen LogP contribution in [0.2, 0.25) is 0 Å². The first-order valence-electron chi connectivity index (χ1n) is 9.59. The number of carbonyl (C=O) groups excluding carboxylic acids is 1. The fraction of sp³-hybridized carbons (Fsp3) is 0.174. The number of nitrogens with zero attached hydrogens (tertiary/aromatic N) is 1. The highest BCUT2D eigenvalue weighted by Crippen LogP contribution is 2.25. The molecule has 1 amide bonds. The van der Waals surface area contributed by atoms with E-state index in [9.17, 15) is 19.3 Å². The number of halogens is 1. The molecule has 0 aliphatic carbocycles. The van der Waals surface area contributed by atoms with Crippen molar-refractivity contribution >= 4 is 17.3 Å². The van der Waals surface area contributed by atoms with Crippen molar-refractivity contribution in [3.63, 3.8) is 0 Å². The van der Waals surface area contributed by atoms with E-state index in [0.717, 1.165) is 12.0 Å². The summed E-state index contributed by atoms with van der Waals surface area (Å²) >= 11 is 0. The van der Waals surface area contributed by atoms with Crippen molar-refractivity contribution in [2.75, 3.05) is 11.9 Å². The van der Waals surface area contributed by atoms with Crippen molar-refractivity contribution in [1.82, 2.24) is 5.32 Å². The molecule has 1 atom stereocenters. The number of nitro groups is 1. The Balaban J connectivity index is 1.78. The molecular formula is C23H22FN3O3. The molecular weight excluding hydrogens is 385 g/mol. The molecule has 0 radical (unpaired) electrons. The molecule has 3 aromatic rings. The summed E-state index contributed by atoms with van der Waals surface area (Å²) in [7, 11) is 0. The summed E-state index contributed by atoms with van der Waals surface area (Å²) in [5.74, 6) is -0.801. The van der Waals surface area contributed by atoms with Crippen LogP contribution in [0.1, 0.15) is 29.7 Å². The van der Waals surface area contributed by atoms with Crippen molar-refractivity contribution in [1.29, 1.82) is 0 Å². The fourth-order valence-corrected chi connectivity index (χ4v) is 3.19. The van der Waals surface area contributed by atoms with Crippen LogP contribution in [-0.4, -0.2) is 17.4 Å². The largest absolute Gasteiger partial charge is 0.319 e. The zero-order chi connectivity index (χ0) is 21.5. The lowest BCUT2D eigenvalue weighted by atomic mass is 9.97. The Bertz CT molecular complexity index is 1040. The molecule has 0 aliphatic heterocycles. The molecule has 0 aliphatic rings. The zero-order valence-corrected chi connectivity index (χ0v) is 16.5. The quantitative estimate of drug-likeness (QED) is 0.422. The van der Waals surface area contributed by atoms with Crippen LogP contribution in [0.25, 0.3) is 0 Å². The number of nitrogens with one attached hydrogen (secondary N) is 2. The monoisotopic (exact) mass is 407 g/mol. The predicted octanol–water partition coefficient (Wildman–Crippen LogP) is 4.61. The lowest BCUT2D eigenvalue weighted by Crippen LogP contribution is -2.32. The number of para-hydroxylation sites is 2. The van der Waals surface area contributed by atoms with Crippen LogP contribution in [0, 0.1) is 15.9 Å². The van der Waals surface area contributed by atoms with Gasteiger partial charge in [-0.25, -0.2) is 4.39 Å². The van der Waals surface area contributed by atoms with E-state index in [2.05, 4.69) is 17.6 Å². The lowest BCUT2D eigenvalue weighted by molar-refractivity contribution is -0.383. The molecule has 0 aromatic heterocycles. The maximum atomic E-state index is 13.8. The highest BCUT2D eigenvalue weighted by molar-refractivity contribution is 5.94. The average Bonchev–Trinajstić information content (AvgIpc) is 2.74. The number of hydrogen-bond acceptors (Lipinski definition) is 4. The van der Waals surface area contributed by atoms with E-state index in [0.29, 0.717) is 5.56 Å². The van der Waals surface area contributed by atoms with Gasteiger partial charge in [-0.2, -0.15) is 0 Å². The van der Waals surface area contributed by atoms with Crippen molar-refractivity contribution in [2.24, 2.45) is 0 Å². The predicted molar refractivity (Wildman–Crippen MR) is 114 cm³/mol. The van der Waals surface area contributed by atoms with E-state index in [1.54, 1.807) is 18.2 Å². The standard InChI is InChI=1S/C23H22FN3O3/c1-2-16-10-12-17(13-11-16)23(18-6-5-7-19(24)14-18)25-15-22(28)26-20-8-3-4-9-21(20)27(29)30/h3-14,23,25H,2,15H2,1H3,(H,26,28)/t23-/m1/s1. The number of rotatable bonds is 8. The number of amides is 1. The van der Waals surface area contributed by atoms with Crippen LogP contribution >= 0.6 is 0 Å². The second-order valence-corrected chi connectivity index (χ2v) is 6.79. The minimum Gasteiger partial charge on any atom is -0.319 e. The molecule has 0 unspecified atom stereocenters. The number of benzene rings is 3. The average molecular weight is 407 g/mol. The van der Waals surface area contributed by atoms with E-state index in [1.165, 1.54) is 35.9 Å². The van der Waals surface area contributed by atoms with Gasteiger partial charge in [0.1, 0.15) is 11.5 Å². The van der Waals surface area contributed by atoms with Crippen molar-refractivity contribution in [3.05, 3.63) is 105 Å². The summed E-state index contributed by atoms with van der Waals surface area (Å²) < 4.78 is 13.8. The summed E-state index contributed by atoms with van der Waals surface area (Å²) in [6.45, 7) is 1.95. The SMILES string of the molecule is CCc1ccc([C@@H](NCC(=O)Nc2ccccc2[N+](=O)[O-])c2cccc(F)c2)cc1. The highest BCUT2D eigenvalue weighted by Gasteiger charge is 2.18. The van der Waals surface area contributed by atoms with Gasteiger partial charge in [0.25, 0.3) is 5.69 Å². The minimum atomic E-state index is -0.548. The van der Waals surface area contributed by atoms with Crippen molar-refractivity contribution < 1.29 is 14.1 Å². The molecule has 30 heavy (non-hydrogen) atoms. The van der Waals surface area contributed by atoms with Gasteiger partial charge in [0, 0.05) is 6.07 Å². The van der Waals surface area contributed by atoms with Gasteiger partial charge in [-0.1, -0.05) is 55.5 Å². The van der Waals surface area contributed by atoms with E-state index >= 15 is 0 Å². The molecule has 7 heteroatoms. The van der Waals surface area contributed by atoms with Gasteiger partial charge in [0.15, 0.2) is 0 Å². The Kier molecular flexibility index (Phi) is 6.87. The lowest BCUT2D eigenvalue weighted by Gasteiger charge is -2.20. The van der Waals surface area contributed by atoms with Crippen LogP contribution in [-0.2, 0) is 11.2 Å². The normalized spacial score (nSPS) is 11.7. The second-order valence-electron chi connectivity index (χ2n) is 6.79. The van der Waals surface area contributed by atoms with E-state index in [-0.39, 0.29) is 23.7 Å². The van der Waals surface area contributed by atoms with E-state index < -0.39 is 16.9 Å². The first kappa shape index (κ1) is 21.1. The topological polar surface area (TPSA) is 84.3 Å². The van der Waals surface area contributed by atoms with Gasteiger partial charge in [0.05, 0.1) is 17.5 Å². The molecule has 154 valence electrons. The van der Waals surface area contributed by atoms with Crippen LogP contribution < -0.4 is 10.6 Å². The molecule has 0 saturated heterocycles. The smallest absolute Gasteiger partial charge is 0.292 e. The van der Waals surface area contributed by atoms with E-state index in [4.69, 9.17) is 0 Å². The van der Waals surface area contributed by atoms with Gasteiger partial charge in [0.2, 0.25) is 5.91 Å². The maximum Gasteiger partial charge on any atom is 0.292 e. The van der Waals surface area contributed by atoms with Crippen LogP contribution in [0.15, 0.2) is 72.8 Å². The summed E-state index contributed by atoms with van der Waals surface area (Å²) in [6, 6.07) is 19.6. The second kappa shape index (κ2) is 9.76. The van der Waals surface area contributed by atoms with Gasteiger partial charge < -0.3 is 5.32 Å². The minimum absolute atomic E-state index is 0.108. The third-order valence-electron chi connectivity index (χ3n) is 4.74. The first-order chi connectivity index (χ1) is 14.5. The molecule has 0 fully saturated rings. The van der Waals surface area contributed by atoms with Crippen molar-refractivity contribution in [3.8, 4) is 0 Å². The molecule has 3 aromatic carbocycles. The third-order valence-corrected chi connectivity index (χ3v) is 4.74. The summed E-state index contributed by atoms with van der Waals surface area (Å²) in [6.07, 6.45) is 0.899. The Hall–Kier alpha value is -3.58. The Morgan fingerprint density at radius 3 is 2.43 bits per heavy atom. The Morgan fingerprint density at radius 2 is 1.77 bits per heavy atom. The number of anilines is 1. The number of aryl methyl sites for hydroxylation is 1. The molecule has 0 spiro atoms. The van der Waals surface area contributed by atoms with Gasteiger partial charge in [-0.05, 0) is 41.3 Å². The van der Waals surface area contributed by atoms with Crippen LogP contribution in [0.3, 0.4) is 0 Å². The molecule has 6 nitrogen and oxygen atoms in total. The molecule has 0 bridgehead atoms. The molecule has 2 N–H and O–H groups in total. The number of hydrogen-bond donors (Lipinski definition) is 2. The molecule has 0 saturated carbocycles. The fourth-order valence-electron chi connectivity index (χ4n) is 3.19. The van der Waals surface area contributed by atoms with Gasteiger partial charge >= 0.3 is 0 Å². The van der Waals surface area contributed by atoms with Gasteiger partial charge in [-0.3, -0.25) is 20.2 Å². The maximum absolute atomic E-state index is 13.8. The Morgan fingerprint density at radius 1 is 1.03 bits per heavy atom. The molecule has 3 rings (SSSR count). The zero-order valence-electron chi connectivity index (χ0n) is 16.5. The molecule has 0 heterocycles. The summed E-state index contributed by atoms with van der Waals surface area (Å²) in [5.41, 5.74) is 2.69. The first-order valence-corrected chi connectivity index (χ1v) is 9.59. The highest BCUT2D eigenvalue weighted by atomic mass is 19.1. The van der Waals surface area contributed by atoms with Gasteiger partial charge in [-0.15, -0.1) is 0 Å². The van der Waals surface area contributed by atoms with Crippen molar-refractivity contribution in [2.45, 2.75) is 19.4 Å².